The molecule has 8 nitrogen and oxygen atoms in total. The van der Waals surface area contributed by atoms with E-state index in [9.17, 15) is 8.42 Å². The van der Waals surface area contributed by atoms with Crippen molar-refractivity contribution in [2.75, 3.05) is 17.1 Å². The third-order valence-electron chi connectivity index (χ3n) is 5.07. The van der Waals surface area contributed by atoms with Crippen molar-refractivity contribution in [2.24, 2.45) is 4.99 Å². The lowest BCUT2D eigenvalue weighted by atomic mass is 10.1. The number of anilines is 2. The van der Waals surface area contributed by atoms with Gasteiger partial charge in [-0.05, 0) is 53.6 Å². The van der Waals surface area contributed by atoms with Crippen LogP contribution < -0.4 is 20.9 Å². The van der Waals surface area contributed by atoms with E-state index in [-0.39, 0.29) is 4.90 Å². The van der Waals surface area contributed by atoms with Crippen LogP contribution in [-0.4, -0.2) is 26.4 Å². The van der Waals surface area contributed by atoms with E-state index < -0.39 is 10.0 Å². The van der Waals surface area contributed by atoms with Crippen LogP contribution in [0.2, 0.25) is 0 Å². The van der Waals surface area contributed by atoms with E-state index in [0.717, 1.165) is 16.8 Å². The molecule has 0 saturated heterocycles. The smallest absolute Gasteiger partial charge is 0.262 e. The minimum absolute atomic E-state index is 0.220. The van der Waals surface area contributed by atoms with Crippen LogP contribution >= 0.6 is 0 Å². The number of sulfonamides is 1. The summed E-state index contributed by atoms with van der Waals surface area (Å²) in [6, 6.07) is 27.2. The third kappa shape index (κ3) is 6.44. The fourth-order valence-electron chi connectivity index (χ4n) is 3.41. The molecule has 0 atom stereocenters. The molecule has 0 bridgehead atoms. The minimum Gasteiger partial charge on any atom is -0.325 e. The lowest BCUT2D eigenvalue weighted by Gasteiger charge is -2.14. The Hall–Kier alpha value is -4.21. The third-order valence-corrected chi connectivity index (χ3v) is 6.51. The topological polar surface area (TPSA) is 108 Å². The second-order valence-electron chi connectivity index (χ2n) is 7.57. The first-order valence-electron chi connectivity index (χ1n) is 11.0. The summed E-state index contributed by atoms with van der Waals surface area (Å²) in [6.07, 6.45) is 3.45. The van der Waals surface area contributed by atoms with E-state index in [0.29, 0.717) is 23.8 Å². The molecule has 4 aromatic rings. The number of rotatable bonds is 8. The summed E-state index contributed by atoms with van der Waals surface area (Å²) in [7, 11) is -2.05. The Morgan fingerprint density at radius 2 is 1.49 bits per heavy atom. The van der Waals surface area contributed by atoms with Crippen molar-refractivity contribution in [1.29, 1.82) is 0 Å². The van der Waals surface area contributed by atoms with Gasteiger partial charge in [-0.1, -0.05) is 48.5 Å². The molecular weight excluding hydrogens is 460 g/mol. The van der Waals surface area contributed by atoms with Gasteiger partial charge in [-0.15, -0.1) is 0 Å². The van der Waals surface area contributed by atoms with E-state index in [1.807, 2.05) is 48.5 Å². The number of hydrazine groups is 1. The minimum atomic E-state index is -3.80. The zero-order valence-electron chi connectivity index (χ0n) is 19.1. The first kappa shape index (κ1) is 23.9. The van der Waals surface area contributed by atoms with Crippen LogP contribution in [0.15, 0.2) is 113 Å². The number of guanidine groups is 1. The Bertz CT molecular complexity index is 1380. The maximum atomic E-state index is 13.2. The second kappa shape index (κ2) is 11.3. The van der Waals surface area contributed by atoms with Gasteiger partial charge in [0, 0.05) is 36.4 Å². The summed E-state index contributed by atoms with van der Waals surface area (Å²) in [5.41, 5.74) is 9.52. The van der Waals surface area contributed by atoms with Gasteiger partial charge >= 0.3 is 0 Å². The van der Waals surface area contributed by atoms with E-state index in [1.165, 1.54) is 0 Å². The van der Waals surface area contributed by atoms with E-state index >= 15 is 0 Å². The van der Waals surface area contributed by atoms with E-state index in [2.05, 4.69) is 30.9 Å². The molecule has 4 N–H and O–H groups in total. The molecule has 0 fully saturated rings. The summed E-state index contributed by atoms with van der Waals surface area (Å²) in [5.74, 6) is 0.523. The molecule has 0 aliphatic carbocycles. The van der Waals surface area contributed by atoms with Gasteiger partial charge in [0.25, 0.3) is 10.0 Å². The second-order valence-corrected chi connectivity index (χ2v) is 9.22. The average molecular weight is 487 g/mol. The van der Waals surface area contributed by atoms with Crippen LogP contribution in [0.5, 0.6) is 0 Å². The lowest BCUT2D eigenvalue weighted by molar-refractivity contribution is 0.601. The number of hydrogen-bond acceptors (Lipinski definition) is 5. The molecule has 0 spiro atoms. The maximum Gasteiger partial charge on any atom is 0.262 e. The fraction of sp³-hybridized carbons (Fsp3) is 0.0769. The van der Waals surface area contributed by atoms with Crippen molar-refractivity contribution in [2.45, 2.75) is 11.4 Å². The monoisotopic (exact) mass is 486 g/mol. The Morgan fingerprint density at radius 1 is 0.829 bits per heavy atom. The molecule has 1 aromatic heterocycles. The SMILES string of the molecule is CNNC(=NCc1ccncc1)Nc1ccc(NS(=O)(=O)c2ccccc2-c2ccccc2)cc1. The van der Waals surface area contributed by atoms with Gasteiger partial charge in [-0.25, -0.2) is 18.8 Å². The predicted molar refractivity (Wildman–Crippen MR) is 140 cm³/mol. The fourth-order valence-corrected chi connectivity index (χ4v) is 4.70. The normalized spacial score (nSPS) is 11.6. The van der Waals surface area contributed by atoms with Crippen LogP contribution in [0, 0.1) is 0 Å². The van der Waals surface area contributed by atoms with Gasteiger partial charge < -0.3 is 5.32 Å². The number of aliphatic imine (C=N–C) groups is 1. The molecule has 0 saturated carbocycles. The molecule has 9 heteroatoms. The van der Waals surface area contributed by atoms with Crippen molar-refractivity contribution in [3.8, 4) is 11.1 Å². The van der Waals surface area contributed by atoms with Crippen LogP contribution in [0.1, 0.15) is 5.56 Å². The zero-order chi connectivity index (χ0) is 24.5. The number of aromatic nitrogens is 1. The number of pyridine rings is 1. The Kier molecular flexibility index (Phi) is 7.71. The molecule has 0 aliphatic rings. The molecule has 0 unspecified atom stereocenters. The highest BCUT2D eigenvalue weighted by Crippen LogP contribution is 2.28. The van der Waals surface area contributed by atoms with Crippen molar-refractivity contribution >= 4 is 27.4 Å². The van der Waals surface area contributed by atoms with E-state index in [4.69, 9.17) is 0 Å². The van der Waals surface area contributed by atoms with Crippen molar-refractivity contribution < 1.29 is 8.42 Å². The van der Waals surface area contributed by atoms with Gasteiger partial charge in [0.1, 0.15) is 0 Å². The van der Waals surface area contributed by atoms with Gasteiger partial charge in [0.05, 0.1) is 11.4 Å². The van der Waals surface area contributed by atoms with Gasteiger partial charge in [0.15, 0.2) is 0 Å². The van der Waals surface area contributed by atoms with Crippen molar-refractivity contribution in [3.63, 3.8) is 0 Å². The molecule has 0 aliphatic heterocycles. The Morgan fingerprint density at radius 3 is 2.20 bits per heavy atom. The molecule has 0 radical (unpaired) electrons. The molecule has 4 rings (SSSR count). The number of hydrogen-bond donors (Lipinski definition) is 4. The average Bonchev–Trinajstić information content (AvgIpc) is 2.89. The van der Waals surface area contributed by atoms with E-state index in [1.54, 1.807) is 61.9 Å². The molecule has 1 heterocycles. The number of nitrogens with one attached hydrogen (secondary N) is 4. The maximum absolute atomic E-state index is 13.2. The molecule has 0 amide bonds. The predicted octanol–water partition coefficient (Wildman–Crippen LogP) is 4.24. The van der Waals surface area contributed by atoms with Crippen LogP contribution in [0.3, 0.4) is 0 Å². The van der Waals surface area contributed by atoms with Crippen LogP contribution in [-0.2, 0) is 16.6 Å². The summed E-state index contributed by atoms with van der Waals surface area (Å²) >= 11 is 0. The Balaban J connectivity index is 1.48. The van der Waals surface area contributed by atoms with Crippen LogP contribution in [0.25, 0.3) is 11.1 Å². The summed E-state index contributed by atoms with van der Waals surface area (Å²) in [5, 5.41) is 3.19. The highest BCUT2D eigenvalue weighted by atomic mass is 32.2. The number of nitrogens with zero attached hydrogens (tertiary/aromatic N) is 2. The molecule has 35 heavy (non-hydrogen) atoms. The standard InChI is InChI=1S/C26H26N6O2S/c1-27-31-26(29-19-20-15-17-28-18-16-20)30-22-11-13-23(14-12-22)32-35(33,34)25-10-6-5-9-24(25)21-7-3-2-4-8-21/h2-18,27,32H,19H2,1H3,(H2,29,30,31). The van der Waals surface area contributed by atoms with Gasteiger partial charge in [-0.3, -0.25) is 15.1 Å². The molecular formula is C26H26N6O2S. The van der Waals surface area contributed by atoms with Crippen LogP contribution in [0.4, 0.5) is 11.4 Å². The number of benzene rings is 3. The summed E-state index contributed by atoms with van der Waals surface area (Å²) in [6.45, 7) is 0.470. The van der Waals surface area contributed by atoms with Crippen molar-refractivity contribution in [1.82, 2.24) is 15.8 Å². The van der Waals surface area contributed by atoms with Gasteiger partial charge in [-0.2, -0.15) is 0 Å². The Labute approximate surface area is 205 Å². The summed E-state index contributed by atoms with van der Waals surface area (Å²) < 4.78 is 29.1. The first-order chi connectivity index (χ1) is 17.0. The highest BCUT2D eigenvalue weighted by molar-refractivity contribution is 7.92. The van der Waals surface area contributed by atoms with Crippen molar-refractivity contribution in [3.05, 3.63) is 109 Å². The quantitative estimate of drug-likeness (QED) is 0.169. The van der Waals surface area contributed by atoms with Gasteiger partial charge in [0.2, 0.25) is 5.96 Å². The highest BCUT2D eigenvalue weighted by Gasteiger charge is 2.19. The lowest BCUT2D eigenvalue weighted by Crippen LogP contribution is -2.39. The molecule has 3 aromatic carbocycles. The first-order valence-corrected chi connectivity index (χ1v) is 12.4. The largest absolute Gasteiger partial charge is 0.325 e. The summed E-state index contributed by atoms with van der Waals surface area (Å²) in [4.78, 5) is 8.76. The zero-order valence-corrected chi connectivity index (χ0v) is 20.0. The molecule has 178 valence electrons.